The van der Waals surface area contributed by atoms with E-state index in [2.05, 4.69) is 15.6 Å². The maximum Gasteiger partial charge on any atom is 0.494 e. The summed E-state index contributed by atoms with van der Waals surface area (Å²) in [5, 5.41) is 18.2. The number of halogens is 6. The molecule has 1 amide bonds. The number of carbonyl (C=O) groups excluding carboxylic acids is 1. The molecule has 4 heterocycles. The van der Waals surface area contributed by atoms with E-state index < -0.39 is 83.8 Å². The molecule has 0 atom stereocenters. The number of nitrogens with zero attached hydrogens (tertiary/aromatic N) is 2. The van der Waals surface area contributed by atoms with Crippen molar-refractivity contribution in [3.05, 3.63) is 82.8 Å². The van der Waals surface area contributed by atoms with Crippen LogP contribution in [0, 0.1) is 11.6 Å². The predicted octanol–water partition coefficient (Wildman–Crippen LogP) is 6.90. The molecule has 4 N–H and O–H groups in total. The molecule has 2 aromatic heterocycles. The van der Waals surface area contributed by atoms with Crippen LogP contribution in [0.3, 0.4) is 0 Å². The van der Waals surface area contributed by atoms with Crippen molar-refractivity contribution in [2.75, 3.05) is 11.1 Å². The summed E-state index contributed by atoms with van der Waals surface area (Å²) in [6, 6.07) is 11.5. The van der Waals surface area contributed by atoms with Gasteiger partial charge in [0.05, 0.1) is 46.1 Å². The van der Waals surface area contributed by atoms with Gasteiger partial charge in [0, 0.05) is 12.1 Å². The molecule has 2 aromatic carbocycles. The highest BCUT2D eigenvalue weighted by Gasteiger charge is 2.57. The van der Waals surface area contributed by atoms with Gasteiger partial charge in [0.25, 0.3) is 12.9 Å². The zero-order chi connectivity index (χ0) is 46.5. The second-order valence-electron chi connectivity index (χ2n) is 18.3. The number of rotatable bonds is 11. The van der Waals surface area contributed by atoms with Crippen molar-refractivity contribution < 1.29 is 68.7 Å². The van der Waals surface area contributed by atoms with E-state index in [4.69, 9.17) is 38.5 Å². The van der Waals surface area contributed by atoms with Crippen LogP contribution in [0.5, 0.6) is 0 Å². The van der Waals surface area contributed by atoms with Crippen LogP contribution in [0.25, 0.3) is 0 Å². The number of carbonyl (C=O) groups is 2. The van der Waals surface area contributed by atoms with Crippen LogP contribution in [0.1, 0.15) is 104 Å². The van der Waals surface area contributed by atoms with Crippen molar-refractivity contribution in [3.63, 3.8) is 0 Å². The number of hydrogen-bond acceptors (Lipinski definition) is 11. The Bertz CT molecular complexity index is 2280. The van der Waals surface area contributed by atoms with Crippen molar-refractivity contribution >= 4 is 48.7 Å². The monoisotopic (exact) mass is 890 g/mol. The Morgan fingerprint density at radius 3 is 1.41 bits per heavy atom. The average Bonchev–Trinajstić information content (AvgIpc) is 4.03. The molecule has 0 radical (unpaired) electrons. The summed E-state index contributed by atoms with van der Waals surface area (Å²) in [4.78, 5) is 22.9. The van der Waals surface area contributed by atoms with E-state index in [1.165, 1.54) is 36.4 Å². The quantitative estimate of drug-likeness (QED) is 0.105. The molecule has 8 rings (SSSR count). The summed E-state index contributed by atoms with van der Waals surface area (Å²) in [6.07, 6.45) is -3.99. The third-order valence-corrected chi connectivity index (χ3v) is 12.6. The fourth-order valence-electron chi connectivity index (χ4n) is 6.69. The van der Waals surface area contributed by atoms with Crippen molar-refractivity contribution in [1.82, 2.24) is 10.3 Å². The highest BCUT2D eigenvalue weighted by Crippen LogP contribution is 2.54. The number of nitrogen functional groups attached to an aromatic ring is 1. The molecule has 2 aliphatic heterocycles. The minimum Gasteiger partial charge on any atom is -0.481 e. The van der Waals surface area contributed by atoms with Gasteiger partial charge in [-0.15, -0.1) is 0 Å². The lowest BCUT2D eigenvalue weighted by Gasteiger charge is -2.32. The standard InChI is InChI=1S/C21H24BF3N2O4.C14H18BFO4.C7H8F2N2O/c1-19(2)20(3,4)31-22(30-19)13-6-5-12(14(23)10-13)9-17(28)26-16-11-15(29-27-16)21(7-8-21)18(24)25;1-13(2)14(3,4)20-15(19-13)10-6-5-9(7-12(17)18)11(16)8-10;8-6(9)7(1-2-7)4-3-5(10)11-12-4/h5-6,10-11,18H,7-9H2,1-4H3,(H,26,27,28);5-6,8H,7H2,1-4H3,(H,17,18);3,6H,1-2H2,(H2,10,11). The van der Waals surface area contributed by atoms with Gasteiger partial charge in [-0.3, -0.25) is 9.59 Å². The molecule has 2 saturated carbocycles. The van der Waals surface area contributed by atoms with Crippen LogP contribution >= 0.6 is 0 Å². The predicted molar refractivity (Wildman–Crippen MR) is 219 cm³/mol. The van der Waals surface area contributed by atoms with Crippen LogP contribution in [0.15, 0.2) is 57.6 Å². The summed E-state index contributed by atoms with van der Waals surface area (Å²) >= 11 is 0. The maximum absolute atomic E-state index is 14.6. The first-order valence-electron chi connectivity index (χ1n) is 20.3. The topological polar surface area (TPSA) is 181 Å². The van der Waals surface area contributed by atoms with E-state index in [1.54, 1.807) is 12.1 Å². The van der Waals surface area contributed by atoms with Crippen molar-refractivity contribution in [2.24, 2.45) is 0 Å². The van der Waals surface area contributed by atoms with Gasteiger partial charge in [-0.25, -0.2) is 26.3 Å². The zero-order valence-electron chi connectivity index (χ0n) is 36.1. The van der Waals surface area contributed by atoms with Gasteiger partial charge in [0.1, 0.15) is 11.6 Å². The Morgan fingerprint density at radius 2 is 1.06 bits per heavy atom. The molecule has 0 bridgehead atoms. The highest BCUT2D eigenvalue weighted by atomic mass is 19.3. The molecule has 13 nitrogen and oxygen atoms in total. The Hall–Kier alpha value is -4.85. The summed E-state index contributed by atoms with van der Waals surface area (Å²) in [7, 11) is -1.35. The van der Waals surface area contributed by atoms with Gasteiger partial charge < -0.3 is 43.8 Å². The fraction of sp³-hybridized carbons (Fsp3) is 0.524. The third-order valence-electron chi connectivity index (χ3n) is 12.6. The van der Waals surface area contributed by atoms with E-state index >= 15 is 0 Å². The number of carboxylic acid groups (broad SMARTS) is 1. The SMILES string of the molecule is CC1(C)OB(c2ccc(CC(=O)Nc3cc(C4(C(F)F)CC4)on3)c(F)c2)OC1(C)C.CC1(C)OB(c2ccc(CC(=O)O)c(F)c2)OC1(C)C.Nc1cc(C2(C(F)F)CC2)on1. The molecule has 4 fully saturated rings. The first kappa shape index (κ1) is 47.6. The maximum atomic E-state index is 14.6. The Balaban J connectivity index is 0.000000175. The Labute approximate surface area is 361 Å². The number of amides is 1. The van der Waals surface area contributed by atoms with Crippen LogP contribution in [0.4, 0.5) is 38.0 Å². The second kappa shape index (κ2) is 17.3. The number of hydrogen-bond donors (Lipinski definition) is 3. The number of nitrogens with one attached hydrogen (secondary N) is 1. The van der Waals surface area contributed by atoms with E-state index in [9.17, 15) is 35.9 Å². The number of carboxylic acids is 1. The van der Waals surface area contributed by atoms with Crippen LogP contribution in [-0.2, 0) is 51.9 Å². The lowest BCUT2D eigenvalue weighted by molar-refractivity contribution is -0.136. The summed E-state index contributed by atoms with van der Waals surface area (Å²) in [6.45, 7) is 15.3. The van der Waals surface area contributed by atoms with Crippen LogP contribution in [-0.4, -0.2) is 76.8 Å². The molecular weight excluding hydrogens is 840 g/mol. The third kappa shape index (κ3) is 10.1. The van der Waals surface area contributed by atoms with Gasteiger partial charge in [0.2, 0.25) is 5.91 Å². The number of aromatic nitrogens is 2. The van der Waals surface area contributed by atoms with E-state index in [-0.39, 0.29) is 47.1 Å². The van der Waals surface area contributed by atoms with Gasteiger partial charge in [-0.05, 0) is 115 Å². The summed E-state index contributed by atoms with van der Waals surface area (Å²) in [5.74, 6) is -2.27. The first-order chi connectivity index (χ1) is 29.2. The van der Waals surface area contributed by atoms with E-state index in [0.717, 1.165) is 0 Å². The van der Waals surface area contributed by atoms with Crippen molar-refractivity contribution in [1.29, 1.82) is 0 Å². The lowest BCUT2D eigenvalue weighted by Crippen LogP contribution is -2.41. The number of nitrogens with two attached hydrogens (primary N) is 1. The second-order valence-corrected chi connectivity index (χ2v) is 18.3. The average molecular weight is 890 g/mol. The molecule has 2 saturated heterocycles. The van der Waals surface area contributed by atoms with Crippen molar-refractivity contribution in [2.45, 2.75) is 140 Å². The largest absolute Gasteiger partial charge is 0.494 e. The van der Waals surface area contributed by atoms with Gasteiger partial charge in [0.15, 0.2) is 23.2 Å². The Kier molecular flexibility index (Phi) is 13.1. The first-order valence-corrected chi connectivity index (χ1v) is 20.3. The molecule has 0 spiro atoms. The summed E-state index contributed by atoms with van der Waals surface area (Å²) in [5.41, 5.74) is 2.18. The minimum absolute atomic E-state index is 0.0289. The fourth-order valence-corrected chi connectivity index (χ4v) is 6.69. The smallest absolute Gasteiger partial charge is 0.481 e. The zero-order valence-corrected chi connectivity index (χ0v) is 36.1. The molecule has 340 valence electrons. The number of anilines is 2. The molecule has 63 heavy (non-hydrogen) atoms. The van der Waals surface area contributed by atoms with E-state index in [1.807, 2.05) is 55.4 Å². The minimum atomic E-state index is -2.56. The normalized spacial score (nSPS) is 20.4. The van der Waals surface area contributed by atoms with Crippen LogP contribution in [0.2, 0.25) is 0 Å². The molecule has 2 aliphatic carbocycles. The molecule has 0 unspecified atom stereocenters. The van der Waals surface area contributed by atoms with Crippen molar-refractivity contribution in [3.8, 4) is 0 Å². The van der Waals surface area contributed by atoms with E-state index in [0.29, 0.717) is 36.6 Å². The molecule has 4 aromatic rings. The lowest BCUT2D eigenvalue weighted by atomic mass is 9.78. The molecular formula is C42H50B2F6N4O9. The van der Waals surface area contributed by atoms with Crippen LogP contribution < -0.4 is 22.0 Å². The Morgan fingerprint density at radius 1 is 0.667 bits per heavy atom. The van der Waals surface area contributed by atoms with Gasteiger partial charge >= 0.3 is 20.2 Å². The number of benzene rings is 2. The number of aliphatic carboxylic acids is 1. The van der Waals surface area contributed by atoms with Gasteiger partial charge in [-0.1, -0.05) is 34.6 Å². The molecule has 21 heteroatoms. The summed E-state index contributed by atoms with van der Waals surface area (Å²) < 4.78 is 113. The highest BCUT2D eigenvalue weighted by molar-refractivity contribution is 6.62. The molecule has 4 aliphatic rings. The van der Waals surface area contributed by atoms with Gasteiger partial charge in [-0.2, -0.15) is 0 Å². The number of alkyl halides is 4.